The number of amides is 1. The zero-order valence-electron chi connectivity index (χ0n) is 20.6. The third-order valence-corrected chi connectivity index (χ3v) is 6.43. The molecule has 8 heteroatoms. The molecular weight excluding hydrogens is 462 g/mol. The summed E-state index contributed by atoms with van der Waals surface area (Å²) in [5, 5.41) is 6.97. The second-order valence-corrected chi connectivity index (χ2v) is 8.94. The fraction of sp³-hybridized carbons (Fsp3) is 0.172. The molecule has 2 N–H and O–H groups in total. The predicted molar refractivity (Wildman–Crippen MR) is 149 cm³/mol. The van der Waals surface area contributed by atoms with E-state index in [-0.39, 0.29) is 5.91 Å². The summed E-state index contributed by atoms with van der Waals surface area (Å²) in [6.07, 6.45) is 3.03. The molecule has 0 aliphatic carbocycles. The standard InChI is InChI=1S/C29H27N7O/c1-4-27(37)32-22-9-5-7-20(17-22)24-10-6-8-21-19-31-29(34-28(21)24)33-23-11-12-26(25(18-23)30-2)36-15-13-35(3)14-16-36/h4-12,17-19H,1,13-16H2,3H3,(H,32,37)(H,31,33,34). The summed E-state index contributed by atoms with van der Waals surface area (Å²) in [5.41, 5.74) is 5.63. The minimum absolute atomic E-state index is 0.263. The number of nitrogens with zero attached hydrogens (tertiary/aromatic N) is 5. The molecule has 37 heavy (non-hydrogen) atoms. The lowest BCUT2D eigenvalue weighted by atomic mass is 10.0. The summed E-state index contributed by atoms with van der Waals surface area (Å²) in [6.45, 7) is 15.0. The van der Waals surface area contributed by atoms with Gasteiger partial charge in [-0.1, -0.05) is 36.9 Å². The van der Waals surface area contributed by atoms with E-state index in [0.29, 0.717) is 17.3 Å². The van der Waals surface area contributed by atoms with Gasteiger partial charge in [-0.25, -0.2) is 14.8 Å². The molecule has 0 radical (unpaired) electrons. The van der Waals surface area contributed by atoms with Gasteiger partial charge in [-0.15, -0.1) is 0 Å². The number of nitrogens with one attached hydrogen (secondary N) is 2. The van der Waals surface area contributed by atoms with Crippen LogP contribution in [0, 0.1) is 6.57 Å². The molecule has 1 saturated heterocycles. The fourth-order valence-electron chi connectivity index (χ4n) is 4.44. The summed E-state index contributed by atoms with van der Waals surface area (Å²) >= 11 is 0. The third kappa shape index (κ3) is 5.27. The van der Waals surface area contributed by atoms with E-state index in [1.54, 1.807) is 6.20 Å². The Morgan fingerprint density at radius 2 is 1.86 bits per heavy atom. The Kier molecular flexibility index (Phi) is 6.79. The quantitative estimate of drug-likeness (QED) is 0.276. The van der Waals surface area contributed by atoms with Gasteiger partial charge in [0.25, 0.3) is 0 Å². The smallest absolute Gasteiger partial charge is 0.247 e. The van der Waals surface area contributed by atoms with Crippen molar-refractivity contribution in [2.75, 3.05) is 48.8 Å². The van der Waals surface area contributed by atoms with E-state index in [0.717, 1.165) is 59.6 Å². The molecule has 0 saturated carbocycles. The van der Waals surface area contributed by atoms with Crippen LogP contribution in [0.5, 0.6) is 0 Å². The van der Waals surface area contributed by atoms with Crippen LogP contribution in [0.3, 0.4) is 0 Å². The zero-order valence-corrected chi connectivity index (χ0v) is 20.6. The Labute approximate surface area is 216 Å². The second kappa shape index (κ2) is 10.5. The number of fused-ring (bicyclic) bond motifs is 1. The first-order valence-electron chi connectivity index (χ1n) is 12.1. The van der Waals surface area contributed by atoms with Crippen molar-refractivity contribution in [3.63, 3.8) is 0 Å². The lowest BCUT2D eigenvalue weighted by Gasteiger charge is -2.34. The molecule has 0 unspecified atom stereocenters. The number of aromatic nitrogens is 2. The number of hydrogen-bond donors (Lipinski definition) is 2. The van der Waals surface area contributed by atoms with E-state index in [1.807, 2.05) is 60.7 Å². The molecule has 2 heterocycles. The van der Waals surface area contributed by atoms with Gasteiger partial charge in [-0.2, -0.15) is 0 Å². The van der Waals surface area contributed by atoms with E-state index >= 15 is 0 Å². The Morgan fingerprint density at radius 3 is 2.65 bits per heavy atom. The molecule has 8 nitrogen and oxygen atoms in total. The van der Waals surface area contributed by atoms with Crippen LogP contribution >= 0.6 is 0 Å². The molecule has 0 spiro atoms. The van der Waals surface area contributed by atoms with Crippen molar-refractivity contribution in [2.24, 2.45) is 0 Å². The number of para-hydroxylation sites is 1. The summed E-state index contributed by atoms with van der Waals surface area (Å²) in [7, 11) is 2.12. The number of piperazine rings is 1. The van der Waals surface area contributed by atoms with E-state index in [2.05, 4.69) is 43.9 Å². The molecule has 1 aliphatic rings. The molecule has 5 rings (SSSR count). The zero-order chi connectivity index (χ0) is 25.8. The van der Waals surface area contributed by atoms with E-state index in [1.165, 1.54) is 6.08 Å². The number of hydrogen-bond acceptors (Lipinski definition) is 6. The van der Waals surface area contributed by atoms with Crippen LogP contribution < -0.4 is 15.5 Å². The van der Waals surface area contributed by atoms with Crippen LogP contribution in [-0.4, -0.2) is 54.0 Å². The average Bonchev–Trinajstić information content (AvgIpc) is 2.93. The highest BCUT2D eigenvalue weighted by Crippen LogP contribution is 2.34. The van der Waals surface area contributed by atoms with Crippen molar-refractivity contribution in [1.82, 2.24) is 14.9 Å². The molecule has 184 valence electrons. The van der Waals surface area contributed by atoms with Gasteiger partial charge in [-0.05, 0) is 49.0 Å². The molecule has 0 atom stereocenters. The molecule has 1 aliphatic heterocycles. The maximum Gasteiger partial charge on any atom is 0.247 e. The van der Waals surface area contributed by atoms with Crippen LogP contribution in [0.2, 0.25) is 0 Å². The summed E-state index contributed by atoms with van der Waals surface area (Å²) in [6, 6.07) is 19.3. The number of benzene rings is 3. The van der Waals surface area contributed by atoms with Gasteiger partial charge in [0.1, 0.15) is 0 Å². The van der Waals surface area contributed by atoms with Crippen molar-refractivity contribution in [3.05, 3.63) is 90.9 Å². The number of carbonyl (C=O) groups excluding carboxylic acids is 1. The van der Waals surface area contributed by atoms with Gasteiger partial charge in [-0.3, -0.25) is 4.79 Å². The third-order valence-electron chi connectivity index (χ3n) is 6.43. The van der Waals surface area contributed by atoms with Crippen LogP contribution in [0.4, 0.5) is 28.7 Å². The van der Waals surface area contributed by atoms with Gasteiger partial charge in [0.2, 0.25) is 17.5 Å². The topological polar surface area (TPSA) is 77.8 Å². The number of likely N-dealkylation sites (N-methyl/N-ethyl adjacent to an activating group) is 1. The van der Waals surface area contributed by atoms with Gasteiger partial charge in [0.05, 0.1) is 12.1 Å². The van der Waals surface area contributed by atoms with Gasteiger partial charge in [0.15, 0.2) is 0 Å². The molecule has 4 aromatic rings. The van der Waals surface area contributed by atoms with Crippen molar-refractivity contribution >= 4 is 45.5 Å². The predicted octanol–water partition coefficient (Wildman–Crippen LogP) is 5.47. The molecule has 0 bridgehead atoms. The maximum absolute atomic E-state index is 11.7. The molecular formula is C29H27N7O. The normalized spacial score (nSPS) is 13.7. The lowest BCUT2D eigenvalue weighted by Crippen LogP contribution is -2.44. The lowest BCUT2D eigenvalue weighted by molar-refractivity contribution is -0.111. The van der Waals surface area contributed by atoms with Crippen LogP contribution in [0.25, 0.3) is 26.9 Å². The number of carbonyl (C=O) groups is 1. The first kappa shape index (κ1) is 24.0. The highest BCUT2D eigenvalue weighted by molar-refractivity contribution is 6.00. The molecule has 1 amide bonds. The minimum Gasteiger partial charge on any atom is -0.378 e. The minimum atomic E-state index is -0.263. The Morgan fingerprint density at radius 1 is 1.05 bits per heavy atom. The molecule has 3 aromatic carbocycles. The summed E-state index contributed by atoms with van der Waals surface area (Å²) in [4.78, 5) is 29.4. The fourth-order valence-corrected chi connectivity index (χ4v) is 4.44. The van der Waals surface area contributed by atoms with E-state index in [4.69, 9.17) is 11.6 Å². The highest BCUT2D eigenvalue weighted by atomic mass is 16.1. The van der Waals surface area contributed by atoms with Gasteiger partial charge >= 0.3 is 0 Å². The monoisotopic (exact) mass is 489 g/mol. The Bertz CT molecular complexity index is 1520. The van der Waals surface area contributed by atoms with E-state index in [9.17, 15) is 4.79 Å². The maximum atomic E-state index is 11.7. The molecule has 1 fully saturated rings. The van der Waals surface area contributed by atoms with Gasteiger partial charge in [0, 0.05) is 60.4 Å². The first-order valence-corrected chi connectivity index (χ1v) is 12.1. The van der Waals surface area contributed by atoms with Gasteiger partial charge < -0.3 is 20.4 Å². The Balaban J connectivity index is 1.44. The van der Waals surface area contributed by atoms with Crippen molar-refractivity contribution in [2.45, 2.75) is 0 Å². The second-order valence-electron chi connectivity index (χ2n) is 8.94. The van der Waals surface area contributed by atoms with E-state index < -0.39 is 0 Å². The van der Waals surface area contributed by atoms with Crippen molar-refractivity contribution in [1.29, 1.82) is 0 Å². The highest BCUT2D eigenvalue weighted by Gasteiger charge is 2.18. The molecule has 1 aromatic heterocycles. The van der Waals surface area contributed by atoms with Crippen LogP contribution in [-0.2, 0) is 4.79 Å². The summed E-state index contributed by atoms with van der Waals surface area (Å²) in [5.74, 6) is 0.181. The Hall–Kier alpha value is -4.74. The number of rotatable bonds is 6. The SMILES string of the molecule is [C-]#[N+]c1cc(Nc2ncc3cccc(-c4cccc(NC(=O)C=C)c4)c3n2)ccc1N1CCN(C)CC1. The average molecular weight is 490 g/mol. The van der Waals surface area contributed by atoms with Crippen molar-refractivity contribution in [3.8, 4) is 11.1 Å². The van der Waals surface area contributed by atoms with Crippen LogP contribution in [0.15, 0.2) is 79.5 Å². The number of anilines is 4. The van der Waals surface area contributed by atoms with Crippen molar-refractivity contribution < 1.29 is 4.79 Å². The largest absolute Gasteiger partial charge is 0.378 e. The first-order chi connectivity index (χ1) is 18.0. The van der Waals surface area contributed by atoms with Crippen LogP contribution in [0.1, 0.15) is 0 Å². The summed E-state index contributed by atoms with van der Waals surface area (Å²) < 4.78 is 0.